The van der Waals surface area contributed by atoms with E-state index in [-0.39, 0.29) is 11.5 Å². The molecule has 0 aromatic heterocycles. The van der Waals surface area contributed by atoms with Crippen LogP contribution in [0.2, 0.25) is 0 Å². The SMILES string of the molecule is CCCCN1C(=O)/C(=C\c2ccc(C(=O)[O-])cc2)SC1=Nc1ccc(C)cc1. The third-order valence-electron chi connectivity index (χ3n) is 4.33. The van der Waals surface area contributed by atoms with Crippen LogP contribution in [0.4, 0.5) is 5.69 Å². The molecule has 0 N–H and O–H groups in total. The van der Waals surface area contributed by atoms with Crippen molar-refractivity contribution in [2.45, 2.75) is 26.7 Å². The Labute approximate surface area is 168 Å². The average molecular weight is 393 g/mol. The lowest BCUT2D eigenvalue weighted by Crippen LogP contribution is -2.30. The summed E-state index contributed by atoms with van der Waals surface area (Å²) in [6.07, 6.45) is 3.64. The molecule has 0 unspecified atom stereocenters. The van der Waals surface area contributed by atoms with Crippen LogP contribution in [0.15, 0.2) is 58.4 Å². The molecule has 0 spiro atoms. The molecular weight excluding hydrogens is 372 g/mol. The number of nitrogens with zero attached hydrogens (tertiary/aromatic N) is 2. The minimum atomic E-state index is -1.22. The number of aromatic carboxylic acids is 1. The zero-order chi connectivity index (χ0) is 20.1. The first-order valence-electron chi connectivity index (χ1n) is 9.16. The number of benzene rings is 2. The molecule has 28 heavy (non-hydrogen) atoms. The van der Waals surface area contributed by atoms with Gasteiger partial charge in [-0.05, 0) is 54.4 Å². The molecular formula is C22H21N2O3S-. The van der Waals surface area contributed by atoms with Crippen LogP contribution < -0.4 is 5.11 Å². The van der Waals surface area contributed by atoms with Crippen molar-refractivity contribution in [2.75, 3.05) is 6.54 Å². The first kappa shape index (κ1) is 19.9. The van der Waals surface area contributed by atoms with E-state index < -0.39 is 5.97 Å². The lowest BCUT2D eigenvalue weighted by atomic mass is 10.1. The molecule has 0 aliphatic carbocycles. The third kappa shape index (κ3) is 4.70. The highest BCUT2D eigenvalue weighted by Gasteiger charge is 2.32. The van der Waals surface area contributed by atoms with Gasteiger partial charge in [-0.25, -0.2) is 4.99 Å². The van der Waals surface area contributed by atoms with E-state index in [2.05, 4.69) is 11.9 Å². The number of carboxylic acids is 1. The molecule has 0 radical (unpaired) electrons. The van der Waals surface area contributed by atoms with Crippen LogP contribution in [-0.4, -0.2) is 28.5 Å². The molecule has 1 heterocycles. The van der Waals surface area contributed by atoms with Gasteiger partial charge < -0.3 is 9.90 Å². The Morgan fingerprint density at radius 2 is 1.82 bits per heavy atom. The first-order valence-corrected chi connectivity index (χ1v) is 9.97. The van der Waals surface area contributed by atoms with Crippen molar-refractivity contribution in [2.24, 2.45) is 4.99 Å². The van der Waals surface area contributed by atoms with E-state index >= 15 is 0 Å². The van der Waals surface area contributed by atoms with E-state index in [9.17, 15) is 14.7 Å². The van der Waals surface area contributed by atoms with Gasteiger partial charge in [0.15, 0.2) is 5.17 Å². The van der Waals surface area contributed by atoms with Gasteiger partial charge in [0.25, 0.3) is 5.91 Å². The van der Waals surface area contributed by atoms with Crippen LogP contribution in [0.5, 0.6) is 0 Å². The van der Waals surface area contributed by atoms with Crippen molar-refractivity contribution in [3.8, 4) is 0 Å². The Morgan fingerprint density at radius 1 is 1.14 bits per heavy atom. The number of amides is 1. The molecule has 1 amide bonds. The normalized spacial score (nSPS) is 16.9. The molecule has 0 atom stereocenters. The summed E-state index contributed by atoms with van der Waals surface area (Å²) in [4.78, 5) is 30.7. The average Bonchev–Trinajstić information content (AvgIpc) is 2.97. The molecule has 1 aliphatic rings. The highest BCUT2D eigenvalue weighted by molar-refractivity contribution is 8.18. The van der Waals surface area contributed by atoms with Crippen molar-refractivity contribution in [1.29, 1.82) is 0 Å². The van der Waals surface area contributed by atoms with E-state index in [0.29, 0.717) is 16.6 Å². The maximum absolute atomic E-state index is 12.9. The number of carbonyl (C=O) groups is 2. The number of carbonyl (C=O) groups excluding carboxylic acids is 2. The maximum Gasteiger partial charge on any atom is 0.266 e. The second-order valence-corrected chi connectivity index (χ2v) is 7.57. The number of carboxylic acid groups (broad SMARTS) is 1. The highest BCUT2D eigenvalue weighted by Crippen LogP contribution is 2.34. The van der Waals surface area contributed by atoms with Gasteiger partial charge in [-0.1, -0.05) is 55.3 Å². The van der Waals surface area contributed by atoms with Crippen LogP contribution in [-0.2, 0) is 4.79 Å². The molecule has 5 nitrogen and oxygen atoms in total. The van der Waals surface area contributed by atoms with Crippen molar-refractivity contribution < 1.29 is 14.7 Å². The molecule has 144 valence electrons. The molecule has 2 aromatic carbocycles. The van der Waals surface area contributed by atoms with Gasteiger partial charge in [0, 0.05) is 6.54 Å². The topological polar surface area (TPSA) is 72.8 Å². The number of hydrogen-bond acceptors (Lipinski definition) is 5. The Morgan fingerprint density at radius 3 is 2.43 bits per heavy atom. The monoisotopic (exact) mass is 393 g/mol. The van der Waals surface area contributed by atoms with Crippen LogP contribution in [0, 0.1) is 6.92 Å². The number of aryl methyl sites for hydroxylation is 1. The molecule has 2 aromatic rings. The lowest BCUT2D eigenvalue weighted by Gasteiger charge is -2.14. The minimum Gasteiger partial charge on any atom is -0.545 e. The molecule has 0 saturated carbocycles. The van der Waals surface area contributed by atoms with Crippen LogP contribution >= 0.6 is 11.8 Å². The van der Waals surface area contributed by atoms with Crippen LogP contribution in [0.3, 0.4) is 0 Å². The van der Waals surface area contributed by atoms with Crippen molar-refractivity contribution in [3.05, 3.63) is 70.1 Å². The zero-order valence-electron chi connectivity index (χ0n) is 15.8. The molecule has 0 bridgehead atoms. The smallest absolute Gasteiger partial charge is 0.266 e. The van der Waals surface area contributed by atoms with Crippen molar-refractivity contribution in [3.63, 3.8) is 0 Å². The maximum atomic E-state index is 12.9. The van der Waals surface area contributed by atoms with Gasteiger partial charge in [-0.3, -0.25) is 9.69 Å². The number of thioether (sulfide) groups is 1. The van der Waals surface area contributed by atoms with E-state index in [1.807, 2.05) is 31.2 Å². The first-order chi connectivity index (χ1) is 13.5. The van der Waals surface area contributed by atoms with Crippen molar-refractivity contribution >= 4 is 40.6 Å². The van der Waals surface area contributed by atoms with E-state index in [0.717, 1.165) is 29.7 Å². The number of unbranched alkanes of at least 4 members (excludes halogenated alkanes) is 1. The van der Waals surface area contributed by atoms with Crippen molar-refractivity contribution in [1.82, 2.24) is 4.90 Å². The quantitative estimate of drug-likeness (QED) is 0.701. The Kier molecular flexibility index (Phi) is 6.31. The molecule has 1 aliphatic heterocycles. The summed E-state index contributed by atoms with van der Waals surface area (Å²) in [6.45, 7) is 4.72. The summed E-state index contributed by atoms with van der Waals surface area (Å²) in [5, 5.41) is 11.5. The summed E-state index contributed by atoms with van der Waals surface area (Å²) < 4.78 is 0. The van der Waals surface area contributed by atoms with Crippen LogP contribution in [0.25, 0.3) is 6.08 Å². The second kappa shape index (κ2) is 8.89. The molecule has 6 heteroatoms. The van der Waals surface area contributed by atoms with Gasteiger partial charge in [-0.2, -0.15) is 0 Å². The molecule has 3 rings (SSSR count). The standard InChI is InChI=1S/C22H22N2O3S/c1-3-4-13-24-20(25)19(14-16-7-9-17(10-8-16)21(26)27)28-22(24)23-18-11-5-15(2)6-12-18/h5-12,14H,3-4,13H2,1-2H3,(H,26,27)/p-1/b19-14+,23-22?. The second-order valence-electron chi connectivity index (χ2n) is 6.56. The Hall–Kier alpha value is -2.86. The van der Waals surface area contributed by atoms with Gasteiger partial charge in [0.05, 0.1) is 16.6 Å². The summed E-state index contributed by atoms with van der Waals surface area (Å²) in [7, 11) is 0. The number of aliphatic imine (C=N–C) groups is 1. The summed E-state index contributed by atoms with van der Waals surface area (Å²) >= 11 is 1.34. The highest BCUT2D eigenvalue weighted by atomic mass is 32.2. The van der Waals surface area contributed by atoms with Gasteiger partial charge in [-0.15, -0.1) is 0 Å². The predicted octanol–water partition coefficient (Wildman–Crippen LogP) is 3.76. The third-order valence-corrected chi connectivity index (χ3v) is 5.33. The van der Waals surface area contributed by atoms with E-state index in [1.54, 1.807) is 23.1 Å². The Bertz CT molecular complexity index is 931. The van der Waals surface area contributed by atoms with Gasteiger partial charge in [0.1, 0.15) is 0 Å². The predicted molar refractivity (Wildman–Crippen MR) is 111 cm³/mol. The zero-order valence-corrected chi connectivity index (χ0v) is 16.7. The summed E-state index contributed by atoms with van der Waals surface area (Å²) in [6, 6.07) is 14.1. The number of hydrogen-bond donors (Lipinski definition) is 0. The number of amidine groups is 1. The van der Waals surface area contributed by atoms with E-state index in [1.165, 1.54) is 23.9 Å². The fraction of sp³-hybridized carbons (Fsp3) is 0.227. The summed E-state index contributed by atoms with van der Waals surface area (Å²) in [5.41, 5.74) is 2.83. The molecule has 1 saturated heterocycles. The van der Waals surface area contributed by atoms with Crippen LogP contribution in [0.1, 0.15) is 41.3 Å². The van der Waals surface area contributed by atoms with Gasteiger partial charge in [0.2, 0.25) is 0 Å². The number of rotatable bonds is 6. The Balaban J connectivity index is 1.89. The summed E-state index contributed by atoms with van der Waals surface area (Å²) in [5.74, 6) is -1.29. The fourth-order valence-corrected chi connectivity index (χ4v) is 3.73. The lowest BCUT2D eigenvalue weighted by molar-refractivity contribution is -0.255. The largest absolute Gasteiger partial charge is 0.545 e. The molecule has 1 fully saturated rings. The van der Waals surface area contributed by atoms with E-state index in [4.69, 9.17) is 0 Å². The fourth-order valence-electron chi connectivity index (χ4n) is 2.70. The van der Waals surface area contributed by atoms with Gasteiger partial charge >= 0.3 is 0 Å². The minimum absolute atomic E-state index is 0.0757.